The number of carbonyl (C=O) groups excluding carboxylic acids is 2. The topological polar surface area (TPSA) is 71.5 Å². The molecular formula is C17H15F2N3O3. The zero-order valence-corrected chi connectivity index (χ0v) is 13.3. The number of halogens is 2. The van der Waals surface area contributed by atoms with Crippen LogP contribution in [0, 0.1) is 0 Å². The molecule has 0 aliphatic carbocycles. The molecule has 0 spiro atoms. The minimum atomic E-state index is -2.91. The summed E-state index contributed by atoms with van der Waals surface area (Å²) in [5.41, 5.74) is -0.191. The van der Waals surface area contributed by atoms with Crippen LogP contribution < -0.4 is 10.1 Å². The third kappa shape index (κ3) is 3.28. The molecule has 0 unspecified atom stereocenters. The van der Waals surface area contributed by atoms with Crippen molar-refractivity contribution in [2.75, 3.05) is 0 Å². The molecule has 1 aromatic heterocycles. The maximum Gasteiger partial charge on any atom is 0.387 e. The van der Waals surface area contributed by atoms with Crippen LogP contribution in [0.3, 0.4) is 0 Å². The maximum atomic E-state index is 12.7. The number of aromatic nitrogens is 1. The van der Waals surface area contributed by atoms with Crippen molar-refractivity contribution in [3.8, 4) is 5.75 Å². The lowest BCUT2D eigenvalue weighted by Crippen LogP contribution is -2.41. The predicted octanol–water partition coefficient (Wildman–Crippen LogP) is 2.65. The molecule has 1 aliphatic heterocycles. The van der Waals surface area contributed by atoms with Gasteiger partial charge in [-0.3, -0.25) is 14.7 Å². The van der Waals surface area contributed by atoms with Crippen molar-refractivity contribution in [3.05, 3.63) is 59.9 Å². The van der Waals surface area contributed by atoms with Gasteiger partial charge in [0.15, 0.2) is 5.54 Å². The second-order valence-electron chi connectivity index (χ2n) is 5.68. The molecule has 0 saturated carbocycles. The Morgan fingerprint density at radius 2 is 1.92 bits per heavy atom. The number of benzene rings is 1. The van der Waals surface area contributed by atoms with Crippen molar-refractivity contribution < 1.29 is 23.1 Å². The first-order valence-electron chi connectivity index (χ1n) is 7.49. The summed E-state index contributed by atoms with van der Waals surface area (Å²) in [6.07, 6.45) is 1.55. The van der Waals surface area contributed by atoms with E-state index in [-0.39, 0.29) is 12.3 Å². The van der Waals surface area contributed by atoms with E-state index in [9.17, 15) is 18.4 Å². The maximum absolute atomic E-state index is 12.7. The molecule has 6 nitrogen and oxygen atoms in total. The van der Waals surface area contributed by atoms with E-state index in [0.717, 1.165) is 4.90 Å². The molecule has 0 radical (unpaired) electrons. The molecule has 130 valence electrons. The normalized spacial score (nSPS) is 20.1. The van der Waals surface area contributed by atoms with Crippen LogP contribution in [0.5, 0.6) is 5.75 Å². The highest BCUT2D eigenvalue weighted by Crippen LogP contribution is 2.28. The summed E-state index contributed by atoms with van der Waals surface area (Å²) in [6.45, 7) is -1.30. The predicted molar refractivity (Wildman–Crippen MR) is 83.7 cm³/mol. The molecule has 1 N–H and O–H groups in total. The lowest BCUT2D eigenvalue weighted by atomic mass is 9.97. The van der Waals surface area contributed by atoms with Crippen molar-refractivity contribution in [1.82, 2.24) is 15.2 Å². The van der Waals surface area contributed by atoms with Crippen LogP contribution in [0.4, 0.5) is 13.6 Å². The molecule has 0 bridgehead atoms. The zero-order chi connectivity index (χ0) is 18.0. The fourth-order valence-electron chi connectivity index (χ4n) is 2.63. The fraction of sp³-hybridized carbons (Fsp3) is 0.235. The van der Waals surface area contributed by atoms with Crippen LogP contribution in [0.15, 0.2) is 48.7 Å². The molecule has 3 amide bonds. The Balaban J connectivity index is 1.77. The number of rotatable bonds is 5. The van der Waals surface area contributed by atoms with E-state index in [1.54, 1.807) is 31.3 Å². The number of carbonyl (C=O) groups is 2. The average molecular weight is 347 g/mol. The van der Waals surface area contributed by atoms with Crippen molar-refractivity contribution in [1.29, 1.82) is 0 Å². The Kier molecular flexibility index (Phi) is 4.35. The number of amides is 3. The Labute approximate surface area is 142 Å². The molecule has 2 heterocycles. The van der Waals surface area contributed by atoms with E-state index >= 15 is 0 Å². The Morgan fingerprint density at radius 3 is 2.52 bits per heavy atom. The number of alkyl halides is 2. The van der Waals surface area contributed by atoms with Crippen LogP contribution in [0.2, 0.25) is 0 Å². The number of nitrogens with zero attached hydrogens (tertiary/aromatic N) is 2. The van der Waals surface area contributed by atoms with Crippen LogP contribution in [-0.4, -0.2) is 28.4 Å². The van der Waals surface area contributed by atoms with Gasteiger partial charge in [-0.25, -0.2) is 4.79 Å². The van der Waals surface area contributed by atoms with Crippen LogP contribution in [0.25, 0.3) is 0 Å². The van der Waals surface area contributed by atoms with E-state index in [1.807, 2.05) is 0 Å². The van der Waals surface area contributed by atoms with Crippen molar-refractivity contribution in [2.45, 2.75) is 25.6 Å². The molecule has 2 aromatic rings. The molecule has 3 rings (SSSR count). The number of imide groups is 1. The fourth-order valence-corrected chi connectivity index (χ4v) is 2.63. The molecule has 1 aliphatic rings. The van der Waals surface area contributed by atoms with E-state index in [0.29, 0.717) is 11.3 Å². The molecule has 1 saturated heterocycles. The Bertz CT molecular complexity index is 783. The van der Waals surface area contributed by atoms with Crippen LogP contribution in [0.1, 0.15) is 18.2 Å². The lowest BCUT2D eigenvalue weighted by Gasteiger charge is -2.21. The molecular weight excluding hydrogens is 332 g/mol. The first kappa shape index (κ1) is 16.8. The SMILES string of the molecule is C[C@]1(c2ccccn2)NC(=O)N(Cc2ccc(OC(F)F)cc2)C1=O. The second-order valence-corrected chi connectivity index (χ2v) is 5.68. The first-order valence-corrected chi connectivity index (χ1v) is 7.49. The van der Waals surface area contributed by atoms with Gasteiger partial charge in [-0.05, 0) is 36.8 Å². The third-order valence-corrected chi connectivity index (χ3v) is 3.94. The number of nitrogens with one attached hydrogen (secondary N) is 1. The van der Waals surface area contributed by atoms with Crippen molar-refractivity contribution in [2.24, 2.45) is 0 Å². The minimum absolute atomic E-state index is 0.00859. The van der Waals surface area contributed by atoms with Gasteiger partial charge in [0.2, 0.25) is 0 Å². The van der Waals surface area contributed by atoms with E-state index < -0.39 is 24.1 Å². The number of ether oxygens (including phenoxy) is 1. The molecule has 1 aromatic carbocycles. The van der Waals surface area contributed by atoms with Gasteiger partial charge in [0, 0.05) is 6.20 Å². The summed E-state index contributed by atoms with van der Waals surface area (Å²) in [5.74, 6) is -0.418. The summed E-state index contributed by atoms with van der Waals surface area (Å²) >= 11 is 0. The van der Waals surface area contributed by atoms with Gasteiger partial charge < -0.3 is 10.1 Å². The molecule has 8 heteroatoms. The van der Waals surface area contributed by atoms with E-state index in [2.05, 4.69) is 15.0 Å². The van der Waals surface area contributed by atoms with Crippen molar-refractivity contribution >= 4 is 11.9 Å². The van der Waals surface area contributed by atoms with Gasteiger partial charge >= 0.3 is 12.6 Å². The summed E-state index contributed by atoms with van der Waals surface area (Å²) < 4.78 is 28.6. The molecule has 1 fully saturated rings. The quantitative estimate of drug-likeness (QED) is 0.844. The van der Waals surface area contributed by atoms with Crippen LogP contribution >= 0.6 is 0 Å². The number of urea groups is 1. The van der Waals surface area contributed by atoms with Gasteiger partial charge in [0.05, 0.1) is 12.2 Å². The van der Waals surface area contributed by atoms with Crippen molar-refractivity contribution in [3.63, 3.8) is 0 Å². The highest BCUT2D eigenvalue weighted by Gasteiger charge is 2.49. The molecule has 25 heavy (non-hydrogen) atoms. The second kappa shape index (κ2) is 6.46. The third-order valence-electron chi connectivity index (χ3n) is 3.94. The first-order chi connectivity index (χ1) is 11.9. The Hall–Kier alpha value is -3.03. The zero-order valence-electron chi connectivity index (χ0n) is 13.3. The summed E-state index contributed by atoms with van der Waals surface area (Å²) in [6, 6.07) is 10.3. The highest BCUT2D eigenvalue weighted by molar-refractivity contribution is 6.06. The highest BCUT2D eigenvalue weighted by atomic mass is 19.3. The van der Waals surface area contributed by atoms with Crippen LogP contribution in [-0.2, 0) is 16.9 Å². The van der Waals surface area contributed by atoms with Gasteiger partial charge in [-0.15, -0.1) is 0 Å². The smallest absolute Gasteiger partial charge is 0.387 e. The largest absolute Gasteiger partial charge is 0.435 e. The van der Waals surface area contributed by atoms with Gasteiger partial charge in [-0.1, -0.05) is 18.2 Å². The van der Waals surface area contributed by atoms with Gasteiger partial charge in [0.1, 0.15) is 5.75 Å². The minimum Gasteiger partial charge on any atom is -0.435 e. The summed E-state index contributed by atoms with van der Waals surface area (Å²) in [5, 5.41) is 2.66. The monoisotopic (exact) mass is 347 g/mol. The average Bonchev–Trinajstić information content (AvgIpc) is 2.81. The van der Waals surface area contributed by atoms with E-state index in [4.69, 9.17) is 0 Å². The van der Waals surface area contributed by atoms with E-state index in [1.165, 1.54) is 24.3 Å². The summed E-state index contributed by atoms with van der Waals surface area (Å²) in [4.78, 5) is 30.2. The number of pyridine rings is 1. The Morgan fingerprint density at radius 1 is 1.20 bits per heavy atom. The molecule has 1 atom stereocenters. The number of hydrogen-bond acceptors (Lipinski definition) is 4. The van der Waals surface area contributed by atoms with Gasteiger partial charge in [0.25, 0.3) is 5.91 Å². The standard InChI is InChI=1S/C17H15F2N3O3/c1-17(13-4-2-3-9-20-13)14(23)22(16(24)21-17)10-11-5-7-12(8-6-11)25-15(18)19/h2-9,15H,10H2,1H3,(H,21,24)/t17-/m1/s1. The summed E-state index contributed by atoms with van der Waals surface area (Å²) in [7, 11) is 0. The lowest BCUT2D eigenvalue weighted by molar-refractivity contribution is -0.131. The number of hydrogen-bond donors (Lipinski definition) is 1. The van der Waals surface area contributed by atoms with Gasteiger partial charge in [-0.2, -0.15) is 8.78 Å².